The van der Waals surface area contributed by atoms with E-state index in [1.807, 2.05) is 24.3 Å². The summed E-state index contributed by atoms with van der Waals surface area (Å²) >= 11 is 0. The minimum absolute atomic E-state index is 0.117. The van der Waals surface area contributed by atoms with Crippen molar-refractivity contribution in [3.05, 3.63) is 65.4 Å². The Kier molecular flexibility index (Phi) is 4.47. The Hall–Kier alpha value is -2.88. The van der Waals surface area contributed by atoms with Gasteiger partial charge in [0, 0.05) is 5.56 Å². The number of aromatic nitrogens is 1. The van der Waals surface area contributed by atoms with Crippen LogP contribution in [0.5, 0.6) is 0 Å². The van der Waals surface area contributed by atoms with Gasteiger partial charge in [-0.2, -0.15) is 0 Å². The first-order valence-electron chi connectivity index (χ1n) is 7.99. The van der Waals surface area contributed by atoms with Crippen LogP contribution in [0.3, 0.4) is 0 Å². The number of benzene rings is 2. The summed E-state index contributed by atoms with van der Waals surface area (Å²) in [5, 5.41) is 13.1. The standard InChI is InChI=1S/C20H19NO3/c1-3-4-14-5-7-15(8-6-14)16-9-11-17(12-10-16)19-18(20(22)23)13(2)21-24-19/h5-12H,3-4H2,1-2H3,(H,22,23). The van der Waals surface area contributed by atoms with Crippen LogP contribution in [0.1, 0.15) is 35.0 Å². The van der Waals surface area contributed by atoms with E-state index < -0.39 is 5.97 Å². The monoisotopic (exact) mass is 321 g/mol. The second-order valence-electron chi connectivity index (χ2n) is 5.80. The lowest BCUT2D eigenvalue weighted by molar-refractivity contribution is 0.0696. The molecule has 24 heavy (non-hydrogen) atoms. The van der Waals surface area contributed by atoms with Gasteiger partial charge in [-0.1, -0.05) is 67.0 Å². The molecule has 0 atom stereocenters. The molecule has 4 nitrogen and oxygen atoms in total. The van der Waals surface area contributed by atoms with Gasteiger partial charge in [-0.15, -0.1) is 0 Å². The molecule has 2 aromatic carbocycles. The quantitative estimate of drug-likeness (QED) is 0.721. The number of hydrogen-bond acceptors (Lipinski definition) is 3. The summed E-state index contributed by atoms with van der Waals surface area (Å²) < 4.78 is 5.20. The zero-order valence-corrected chi connectivity index (χ0v) is 13.7. The highest BCUT2D eigenvalue weighted by Crippen LogP contribution is 2.29. The lowest BCUT2D eigenvalue weighted by Crippen LogP contribution is -1.99. The zero-order chi connectivity index (χ0) is 17.1. The molecule has 0 bridgehead atoms. The molecule has 3 rings (SSSR count). The summed E-state index contributed by atoms with van der Waals surface area (Å²) in [6.07, 6.45) is 2.22. The van der Waals surface area contributed by atoms with Crippen LogP contribution in [0.15, 0.2) is 53.1 Å². The molecule has 0 saturated carbocycles. The fourth-order valence-corrected chi connectivity index (χ4v) is 2.79. The third-order valence-corrected chi connectivity index (χ3v) is 4.05. The van der Waals surface area contributed by atoms with Gasteiger partial charge in [-0.25, -0.2) is 4.79 Å². The SMILES string of the molecule is CCCc1ccc(-c2ccc(-c3onc(C)c3C(=O)O)cc2)cc1. The Morgan fingerprint density at radius 2 is 1.54 bits per heavy atom. The predicted octanol–water partition coefficient (Wildman–Crippen LogP) is 4.97. The number of carboxylic acids is 1. The fourth-order valence-electron chi connectivity index (χ4n) is 2.79. The lowest BCUT2D eigenvalue weighted by atomic mass is 9.99. The van der Waals surface area contributed by atoms with Crippen molar-refractivity contribution >= 4 is 5.97 Å². The second-order valence-corrected chi connectivity index (χ2v) is 5.80. The molecule has 0 radical (unpaired) electrons. The van der Waals surface area contributed by atoms with Crippen molar-refractivity contribution < 1.29 is 14.4 Å². The van der Waals surface area contributed by atoms with Crippen molar-refractivity contribution in [3.8, 4) is 22.5 Å². The molecule has 1 heterocycles. The largest absolute Gasteiger partial charge is 0.477 e. The maximum absolute atomic E-state index is 11.4. The molecule has 1 aromatic heterocycles. The number of rotatable bonds is 5. The summed E-state index contributed by atoms with van der Waals surface area (Å²) in [4.78, 5) is 11.4. The first-order chi connectivity index (χ1) is 11.6. The molecule has 0 fully saturated rings. The van der Waals surface area contributed by atoms with E-state index in [2.05, 4.69) is 36.3 Å². The lowest BCUT2D eigenvalue weighted by Gasteiger charge is -2.05. The highest BCUT2D eigenvalue weighted by Gasteiger charge is 2.20. The highest BCUT2D eigenvalue weighted by atomic mass is 16.5. The molecule has 0 saturated heterocycles. The van der Waals surface area contributed by atoms with E-state index in [0.717, 1.165) is 24.0 Å². The van der Waals surface area contributed by atoms with Gasteiger partial charge in [-0.05, 0) is 30.0 Å². The van der Waals surface area contributed by atoms with Crippen molar-refractivity contribution in [2.45, 2.75) is 26.7 Å². The summed E-state index contributed by atoms with van der Waals surface area (Å²) in [7, 11) is 0. The van der Waals surface area contributed by atoms with Crippen LogP contribution in [-0.4, -0.2) is 16.2 Å². The number of aryl methyl sites for hydroxylation is 2. The predicted molar refractivity (Wildman–Crippen MR) is 93.1 cm³/mol. The Morgan fingerprint density at radius 1 is 1.00 bits per heavy atom. The molecule has 0 aliphatic carbocycles. The van der Waals surface area contributed by atoms with Crippen molar-refractivity contribution in [2.75, 3.05) is 0 Å². The molecular weight excluding hydrogens is 302 g/mol. The number of carbonyl (C=O) groups is 1. The Labute approximate surface area is 140 Å². The van der Waals surface area contributed by atoms with Crippen LogP contribution in [0.4, 0.5) is 0 Å². The van der Waals surface area contributed by atoms with E-state index in [-0.39, 0.29) is 5.56 Å². The van der Waals surface area contributed by atoms with Gasteiger partial charge in [0.1, 0.15) is 5.56 Å². The van der Waals surface area contributed by atoms with Gasteiger partial charge in [0.2, 0.25) is 0 Å². The molecule has 1 N–H and O–H groups in total. The number of nitrogens with zero attached hydrogens (tertiary/aromatic N) is 1. The average molecular weight is 321 g/mol. The smallest absolute Gasteiger partial charge is 0.341 e. The van der Waals surface area contributed by atoms with Crippen LogP contribution in [0, 0.1) is 6.92 Å². The molecule has 0 aliphatic rings. The number of aromatic carboxylic acids is 1. The van der Waals surface area contributed by atoms with Crippen LogP contribution in [0.25, 0.3) is 22.5 Å². The van der Waals surface area contributed by atoms with Crippen molar-refractivity contribution in [1.82, 2.24) is 5.16 Å². The van der Waals surface area contributed by atoms with Gasteiger partial charge in [0.25, 0.3) is 0 Å². The normalized spacial score (nSPS) is 10.8. The Balaban J connectivity index is 1.90. The molecule has 122 valence electrons. The third-order valence-electron chi connectivity index (χ3n) is 4.05. The molecule has 0 unspecified atom stereocenters. The van der Waals surface area contributed by atoms with Gasteiger partial charge in [-0.3, -0.25) is 0 Å². The average Bonchev–Trinajstić information content (AvgIpc) is 2.98. The summed E-state index contributed by atoms with van der Waals surface area (Å²) in [5.74, 6) is -0.732. The first-order valence-corrected chi connectivity index (χ1v) is 7.99. The van der Waals surface area contributed by atoms with E-state index in [4.69, 9.17) is 4.52 Å². The Bertz CT molecular complexity index is 846. The highest BCUT2D eigenvalue weighted by molar-refractivity contribution is 5.95. The Morgan fingerprint density at radius 3 is 2.08 bits per heavy atom. The van der Waals surface area contributed by atoms with E-state index in [9.17, 15) is 9.90 Å². The number of hydrogen-bond donors (Lipinski definition) is 1. The van der Waals surface area contributed by atoms with E-state index in [0.29, 0.717) is 17.0 Å². The van der Waals surface area contributed by atoms with Crippen molar-refractivity contribution in [1.29, 1.82) is 0 Å². The third kappa shape index (κ3) is 3.08. The van der Waals surface area contributed by atoms with Gasteiger partial charge < -0.3 is 9.63 Å². The summed E-state index contributed by atoms with van der Waals surface area (Å²) in [6, 6.07) is 16.2. The van der Waals surface area contributed by atoms with Crippen LogP contribution in [-0.2, 0) is 6.42 Å². The minimum atomic E-state index is -1.03. The topological polar surface area (TPSA) is 63.3 Å². The van der Waals surface area contributed by atoms with Gasteiger partial charge >= 0.3 is 5.97 Å². The van der Waals surface area contributed by atoms with E-state index >= 15 is 0 Å². The van der Waals surface area contributed by atoms with Gasteiger partial charge in [0.05, 0.1) is 5.69 Å². The maximum Gasteiger partial charge on any atom is 0.341 e. The second kappa shape index (κ2) is 6.71. The molecule has 0 spiro atoms. The minimum Gasteiger partial charge on any atom is -0.477 e. The van der Waals surface area contributed by atoms with Crippen LogP contribution < -0.4 is 0 Å². The molecule has 3 aromatic rings. The van der Waals surface area contributed by atoms with Gasteiger partial charge in [0.15, 0.2) is 5.76 Å². The van der Waals surface area contributed by atoms with Crippen molar-refractivity contribution in [2.24, 2.45) is 0 Å². The molecule has 0 amide bonds. The van der Waals surface area contributed by atoms with E-state index in [1.54, 1.807) is 6.92 Å². The molecule has 4 heteroatoms. The summed E-state index contributed by atoms with van der Waals surface area (Å²) in [6.45, 7) is 3.80. The maximum atomic E-state index is 11.4. The summed E-state index contributed by atoms with van der Waals surface area (Å²) in [5.41, 5.74) is 4.75. The van der Waals surface area contributed by atoms with Crippen molar-refractivity contribution in [3.63, 3.8) is 0 Å². The molecule has 0 aliphatic heterocycles. The fraction of sp³-hybridized carbons (Fsp3) is 0.200. The first kappa shape index (κ1) is 16.0. The van der Waals surface area contributed by atoms with Crippen LogP contribution >= 0.6 is 0 Å². The zero-order valence-electron chi connectivity index (χ0n) is 13.7. The van der Waals surface area contributed by atoms with E-state index in [1.165, 1.54) is 5.56 Å². The molecular formula is C20H19NO3. The number of carboxylic acid groups (broad SMARTS) is 1. The van der Waals surface area contributed by atoms with Crippen LogP contribution in [0.2, 0.25) is 0 Å².